The topological polar surface area (TPSA) is 9.23 Å². The van der Waals surface area contributed by atoms with Gasteiger partial charge in [-0.1, -0.05) is 26.3 Å². The van der Waals surface area contributed by atoms with Gasteiger partial charge in [-0.25, -0.2) is 0 Å². The van der Waals surface area contributed by atoms with E-state index in [4.69, 9.17) is 4.43 Å². The zero-order chi connectivity index (χ0) is 10.5. The number of hydrogen-bond donors (Lipinski definition) is 0. The molecule has 0 fully saturated rings. The second-order valence-electron chi connectivity index (χ2n) is 4.60. The van der Waals surface area contributed by atoms with Crippen LogP contribution in [0.2, 0.25) is 19.6 Å². The third-order valence-corrected chi connectivity index (χ3v) is 2.76. The van der Waals surface area contributed by atoms with Gasteiger partial charge in [-0.2, -0.15) is 0 Å². The smallest absolute Gasteiger partial charge is 0.241 e. The van der Waals surface area contributed by atoms with Gasteiger partial charge in [0.05, 0.1) is 5.76 Å². The van der Waals surface area contributed by atoms with Crippen molar-refractivity contribution in [3.63, 3.8) is 0 Å². The Bertz CT molecular complexity index is 167. The molecule has 0 aliphatic rings. The zero-order valence-corrected chi connectivity index (χ0v) is 11.0. The Balaban J connectivity index is 4.20. The quantitative estimate of drug-likeness (QED) is 0.478. The number of hydrogen-bond acceptors (Lipinski definition) is 1. The van der Waals surface area contributed by atoms with Crippen LogP contribution in [0.5, 0.6) is 0 Å². The molecule has 0 aromatic heterocycles. The molecule has 0 unspecified atom stereocenters. The lowest BCUT2D eigenvalue weighted by Crippen LogP contribution is -2.26. The van der Waals surface area contributed by atoms with Crippen molar-refractivity contribution in [1.29, 1.82) is 0 Å². The van der Waals surface area contributed by atoms with E-state index in [2.05, 4.69) is 46.5 Å². The first kappa shape index (κ1) is 12.8. The largest absolute Gasteiger partial charge is 0.547 e. The van der Waals surface area contributed by atoms with Crippen molar-refractivity contribution in [3.05, 3.63) is 11.8 Å². The first-order valence-electron chi connectivity index (χ1n) is 5.26. The Morgan fingerprint density at radius 1 is 1.38 bits per heavy atom. The van der Waals surface area contributed by atoms with Gasteiger partial charge in [-0.05, 0) is 33.0 Å². The van der Waals surface area contributed by atoms with E-state index in [1.165, 1.54) is 18.6 Å². The molecule has 13 heavy (non-hydrogen) atoms. The van der Waals surface area contributed by atoms with Crippen molar-refractivity contribution in [1.82, 2.24) is 0 Å². The molecule has 0 saturated carbocycles. The molecule has 0 aromatic rings. The summed E-state index contributed by atoms with van der Waals surface area (Å²) in [5.41, 5.74) is 0. The minimum Gasteiger partial charge on any atom is -0.547 e. The summed E-state index contributed by atoms with van der Waals surface area (Å²) in [5.74, 6) is 1.78. The number of allylic oxidation sites excluding steroid dienone is 2. The molecule has 0 amide bonds. The van der Waals surface area contributed by atoms with Crippen LogP contribution in [0.3, 0.4) is 0 Å². The minimum atomic E-state index is -1.40. The maximum Gasteiger partial charge on any atom is 0.241 e. The predicted molar refractivity (Wildman–Crippen MR) is 62.3 cm³/mol. The lowest BCUT2D eigenvalue weighted by Gasteiger charge is -2.25. The van der Waals surface area contributed by atoms with Crippen molar-refractivity contribution in [3.8, 4) is 0 Å². The molecule has 0 N–H and O–H groups in total. The molecule has 78 valence electrons. The molecule has 0 saturated heterocycles. The first-order valence-corrected chi connectivity index (χ1v) is 8.66. The third kappa shape index (κ3) is 5.91. The standard InChI is InChI=1S/C11H24OSi/c1-7-9-10(3)11(8-2)12-13(4,5)6/h8,10H,7,9H2,1-6H3/t10-/m0/s1. The van der Waals surface area contributed by atoms with E-state index in [9.17, 15) is 0 Å². The van der Waals surface area contributed by atoms with E-state index in [0.717, 1.165) is 0 Å². The molecule has 0 heterocycles. The van der Waals surface area contributed by atoms with Gasteiger partial charge >= 0.3 is 0 Å². The van der Waals surface area contributed by atoms with Crippen LogP contribution in [-0.4, -0.2) is 8.32 Å². The lowest BCUT2D eigenvalue weighted by atomic mass is 10.0. The summed E-state index contributed by atoms with van der Waals surface area (Å²) in [6, 6.07) is 0. The van der Waals surface area contributed by atoms with Crippen LogP contribution >= 0.6 is 0 Å². The zero-order valence-electron chi connectivity index (χ0n) is 9.98. The van der Waals surface area contributed by atoms with Crippen LogP contribution < -0.4 is 0 Å². The van der Waals surface area contributed by atoms with Crippen molar-refractivity contribution >= 4 is 8.32 Å². The molecule has 0 bridgehead atoms. The van der Waals surface area contributed by atoms with Crippen LogP contribution in [0.25, 0.3) is 0 Å². The fourth-order valence-electron chi connectivity index (χ4n) is 1.37. The highest BCUT2D eigenvalue weighted by atomic mass is 28.4. The highest BCUT2D eigenvalue weighted by Gasteiger charge is 2.19. The summed E-state index contributed by atoms with van der Waals surface area (Å²) in [4.78, 5) is 0. The summed E-state index contributed by atoms with van der Waals surface area (Å²) >= 11 is 0. The maximum atomic E-state index is 6.00. The molecule has 2 heteroatoms. The molecule has 0 aliphatic carbocycles. The minimum absolute atomic E-state index is 0.585. The van der Waals surface area contributed by atoms with E-state index in [-0.39, 0.29) is 0 Å². The highest BCUT2D eigenvalue weighted by molar-refractivity contribution is 6.70. The molecule has 0 aromatic carbocycles. The van der Waals surface area contributed by atoms with E-state index in [1.54, 1.807) is 0 Å². The summed E-state index contributed by atoms with van der Waals surface area (Å²) in [6.07, 6.45) is 4.58. The summed E-state index contributed by atoms with van der Waals surface area (Å²) in [5, 5.41) is 0. The van der Waals surface area contributed by atoms with Gasteiger partial charge in [-0.15, -0.1) is 0 Å². The Morgan fingerprint density at radius 3 is 2.23 bits per heavy atom. The average Bonchev–Trinajstić information content (AvgIpc) is 1.99. The summed E-state index contributed by atoms with van der Waals surface area (Å²) < 4.78 is 6.00. The molecule has 1 atom stereocenters. The maximum absolute atomic E-state index is 6.00. The molecular weight excluding hydrogens is 176 g/mol. The van der Waals surface area contributed by atoms with Crippen molar-refractivity contribution in [2.24, 2.45) is 5.92 Å². The average molecular weight is 200 g/mol. The van der Waals surface area contributed by atoms with Gasteiger partial charge < -0.3 is 4.43 Å². The van der Waals surface area contributed by atoms with Gasteiger partial charge in [0.1, 0.15) is 0 Å². The first-order chi connectivity index (χ1) is 5.90. The van der Waals surface area contributed by atoms with Crippen LogP contribution in [-0.2, 0) is 4.43 Å². The Kier molecular flexibility index (Phi) is 5.38. The molecule has 0 rings (SSSR count). The van der Waals surface area contributed by atoms with Crippen LogP contribution in [0, 0.1) is 5.92 Å². The monoisotopic (exact) mass is 200 g/mol. The predicted octanol–water partition coefficient (Wildman–Crippen LogP) is 4.18. The van der Waals surface area contributed by atoms with Crippen LogP contribution in [0.1, 0.15) is 33.6 Å². The fraction of sp³-hybridized carbons (Fsp3) is 0.818. The summed E-state index contributed by atoms with van der Waals surface area (Å²) in [7, 11) is -1.40. The van der Waals surface area contributed by atoms with E-state index in [0.29, 0.717) is 5.92 Å². The van der Waals surface area contributed by atoms with Gasteiger partial charge in [-0.3, -0.25) is 0 Å². The summed E-state index contributed by atoms with van der Waals surface area (Å²) in [6.45, 7) is 13.2. The Morgan fingerprint density at radius 2 is 1.92 bits per heavy atom. The van der Waals surface area contributed by atoms with Crippen LogP contribution in [0.15, 0.2) is 11.8 Å². The van der Waals surface area contributed by atoms with Gasteiger partial charge in [0, 0.05) is 5.92 Å². The SMILES string of the molecule is CC=C(O[Si](C)(C)C)[C@@H](C)CCC. The Labute approximate surface area is 84.3 Å². The van der Waals surface area contributed by atoms with E-state index >= 15 is 0 Å². The molecule has 0 radical (unpaired) electrons. The van der Waals surface area contributed by atoms with Gasteiger partial charge in [0.25, 0.3) is 0 Å². The molecule has 0 aliphatic heterocycles. The highest BCUT2D eigenvalue weighted by Crippen LogP contribution is 2.21. The Hall–Kier alpha value is -0.243. The molecular formula is C11H24OSi. The third-order valence-electron chi connectivity index (χ3n) is 1.92. The number of rotatable bonds is 5. The van der Waals surface area contributed by atoms with Crippen molar-refractivity contribution < 1.29 is 4.43 Å². The second-order valence-corrected chi connectivity index (χ2v) is 9.02. The fourth-order valence-corrected chi connectivity index (χ4v) is 2.40. The van der Waals surface area contributed by atoms with E-state index in [1.807, 2.05) is 0 Å². The van der Waals surface area contributed by atoms with Gasteiger partial charge in [0.2, 0.25) is 8.32 Å². The lowest BCUT2D eigenvalue weighted by molar-refractivity contribution is 0.341. The van der Waals surface area contributed by atoms with Crippen LogP contribution in [0.4, 0.5) is 0 Å². The van der Waals surface area contributed by atoms with Crippen molar-refractivity contribution in [2.75, 3.05) is 0 Å². The van der Waals surface area contributed by atoms with Crippen molar-refractivity contribution in [2.45, 2.75) is 53.3 Å². The normalized spacial score (nSPS) is 15.7. The molecule has 0 spiro atoms. The second kappa shape index (κ2) is 5.48. The van der Waals surface area contributed by atoms with Gasteiger partial charge in [0.15, 0.2) is 0 Å². The molecule has 1 nitrogen and oxygen atoms in total. The van der Waals surface area contributed by atoms with E-state index < -0.39 is 8.32 Å².